The van der Waals surface area contributed by atoms with Crippen LogP contribution in [0, 0.1) is 19.7 Å². The molecule has 3 aromatic carbocycles. The number of hydrogen-bond donors (Lipinski definition) is 1. The van der Waals surface area contributed by atoms with Crippen LogP contribution in [0.25, 0.3) is 11.0 Å². The van der Waals surface area contributed by atoms with E-state index in [9.17, 15) is 14.3 Å². The minimum Gasteiger partial charge on any atom is -0.490 e. The van der Waals surface area contributed by atoms with Crippen molar-refractivity contribution in [2.45, 2.75) is 38.8 Å². The van der Waals surface area contributed by atoms with Crippen molar-refractivity contribution in [2.75, 3.05) is 18.1 Å². The average molecular weight is 474 g/mol. The van der Waals surface area contributed by atoms with E-state index < -0.39 is 11.9 Å². The average Bonchev–Trinajstić information content (AvgIpc) is 3.39. The van der Waals surface area contributed by atoms with Crippen LogP contribution in [0.4, 0.5) is 10.1 Å². The fourth-order valence-corrected chi connectivity index (χ4v) is 4.85. The summed E-state index contributed by atoms with van der Waals surface area (Å²) >= 11 is 0. The molecule has 1 aliphatic heterocycles. The summed E-state index contributed by atoms with van der Waals surface area (Å²) in [5.41, 5.74) is 3.99. The molecule has 1 aromatic heterocycles. The van der Waals surface area contributed by atoms with E-state index in [0.717, 1.165) is 27.9 Å². The van der Waals surface area contributed by atoms with E-state index in [-0.39, 0.29) is 37.1 Å². The van der Waals surface area contributed by atoms with E-state index in [0.29, 0.717) is 12.4 Å². The van der Waals surface area contributed by atoms with E-state index in [1.807, 2.05) is 60.9 Å². The summed E-state index contributed by atoms with van der Waals surface area (Å²) in [4.78, 5) is 19.1. The number of hydrogen-bond acceptors (Lipinski definition) is 4. The number of para-hydroxylation sites is 4. The standard InChI is InChI=1S/C28H28FN3O3/c1-18-8-7-9-19(2)27(18)35-17-21(33)16-32-25-13-6-4-11-23(25)30-28(32)20-14-26(34)31(15-20)24-12-5-3-10-22(24)29/h3-13,20-21,33H,14-17H2,1-2H3. The molecule has 2 unspecified atom stereocenters. The van der Waals surface area contributed by atoms with Crippen LogP contribution in [0.3, 0.4) is 0 Å². The van der Waals surface area contributed by atoms with Gasteiger partial charge in [0, 0.05) is 18.9 Å². The Morgan fingerprint density at radius 1 is 1.06 bits per heavy atom. The summed E-state index contributed by atoms with van der Waals surface area (Å²) in [5.74, 6) is 0.710. The van der Waals surface area contributed by atoms with Gasteiger partial charge in [0.25, 0.3) is 0 Å². The number of anilines is 1. The molecule has 1 aliphatic rings. The Hall–Kier alpha value is -3.71. The lowest BCUT2D eigenvalue weighted by atomic mass is 10.1. The fraction of sp³-hybridized carbons (Fsp3) is 0.286. The van der Waals surface area contributed by atoms with Crippen LogP contribution >= 0.6 is 0 Å². The Morgan fingerprint density at radius 3 is 2.54 bits per heavy atom. The van der Waals surface area contributed by atoms with E-state index in [1.54, 1.807) is 18.2 Å². The summed E-state index contributed by atoms with van der Waals surface area (Å²) < 4.78 is 22.3. The largest absolute Gasteiger partial charge is 0.490 e. The number of aliphatic hydroxyl groups is 1. The molecular formula is C28H28FN3O3. The van der Waals surface area contributed by atoms with Gasteiger partial charge in [0.1, 0.15) is 30.1 Å². The van der Waals surface area contributed by atoms with E-state index in [1.165, 1.54) is 11.0 Å². The molecule has 6 nitrogen and oxygen atoms in total. The van der Waals surface area contributed by atoms with Gasteiger partial charge in [0.2, 0.25) is 5.91 Å². The number of carbonyl (C=O) groups is 1. The van der Waals surface area contributed by atoms with E-state index in [2.05, 4.69) is 0 Å². The molecule has 2 atom stereocenters. The maximum absolute atomic E-state index is 14.4. The van der Waals surface area contributed by atoms with E-state index in [4.69, 9.17) is 9.72 Å². The zero-order chi connectivity index (χ0) is 24.5. The van der Waals surface area contributed by atoms with Crippen molar-refractivity contribution >= 4 is 22.6 Å². The van der Waals surface area contributed by atoms with Crippen LogP contribution in [-0.2, 0) is 11.3 Å². The first-order chi connectivity index (χ1) is 16.9. The SMILES string of the molecule is Cc1cccc(C)c1OCC(O)Cn1c(C2CC(=O)N(c3ccccc3F)C2)nc2ccccc21. The number of benzene rings is 3. The molecule has 4 aromatic rings. The molecular weight excluding hydrogens is 445 g/mol. The fourth-order valence-electron chi connectivity index (χ4n) is 4.85. The number of halogens is 1. The molecule has 180 valence electrons. The molecule has 1 saturated heterocycles. The monoisotopic (exact) mass is 473 g/mol. The highest BCUT2D eigenvalue weighted by molar-refractivity contribution is 5.96. The van der Waals surface area contributed by atoms with E-state index >= 15 is 0 Å². The molecule has 1 amide bonds. The molecule has 0 spiro atoms. The number of ether oxygens (including phenoxy) is 1. The smallest absolute Gasteiger partial charge is 0.227 e. The number of imidazole rings is 1. The van der Waals surface area contributed by atoms with Crippen LogP contribution in [0.5, 0.6) is 5.75 Å². The van der Waals surface area contributed by atoms with Gasteiger partial charge in [-0.25, -0.2) is 9.37 Å². The van der Waals surface area contributed by atoms with Gasteiger partial charge >= 0.3 is 0 Å². The highest BCUT2D eigenvalue weighted by Gasteiger charge is 2.36. The molecule has 0 saturated carbocycles. The Balaban J connectivity index is 1.40. The predicted molar refractivity (Wildman–Crippen MR) is 133 cm³/mol. The first-order valence-corrected chi connectivity index (χ1v) is 11.8. The lowest BCUT2D eigenvalue weighted by molar-refractivity contribution is -0.117. The first kappa shape index (κ1) is 23.1. The Bertz CT molecular complexity index is 1360. The van der Waals surface area contributed by atoms with Crippen molar-refractivity contribution in [3.05, 3.63) is 89.5 Å². The number of aromatic nitrogens is 2. The number of aliphatic hydroxyl groups excluding tert-OH is 1. The summed E-state index contributed by atoms with van der Waals surface area (Å²) in [6, 6.07) is 20.0. The number of nitrogens with zero attached hydrogens (tertiary/aromatic N) is 3. The summed E-state index contributed by atoms with van der Waals surface area (Å²) in [5, 5.41) is 10.9. The van der Waals surface area contributed by atoms with Gasteiger partial charge in [-0.2, -0.15) is 0 Å². The van der Waals surface area contributed by atoms with Crippen molar-refractivity contribution in [3.8, 4) is 5.75 Å². The second-order valence-electron chi connectivity index (χ2n) is 9.11. The molecule has 7 heteroatoms. The molecule has 0 radical (unpaired) electrons. The van der Waals surface area contributed by atoms with Crippen molar-refractivity contribution in [2.24, 2.45) is 0 Å². The zero-order valence-corrected chi connectivity index (χ0v) is 19.8. The number of aryl methyl sites for hydroxylation is 2. The van der Waals surface area contributed by atoms with Crippen LogP contribution in [0.2, 0.25) is 0 Å². The molecule has 2 heterocycles. The maximum Gasteiger partial charge on any atom is 0.227 e. The Morgan fingerprint density at radius 2 is 1.77 bits per heavy atom. The van der Waals surface area contributed by atoms with Gasteiger partial charge in [-0.1, -0.05) is 42.5 Å². The minimum absolute atomic E-state index is 0.128. The van der Waals surface area contributed by atoms with Crippen molar-refractivity contribution in [1.29, 1.82) is 0 Å². The quantitative estimate of drug-likeness (QED) is 0.421. The van der Waals surface area contributed by atoms with Crippen LogP contribution < -0.4 is 9.64 Å². The summed E-state index contributed by atoms with van der Waals surface area (Å²) in [7, 11) is 0. The van der Waals surface area contributed by atoms with Crippen molar-refractivity contribution < 1.29 is 19.0 Å². The van der Waals surface area contributed by atoms with Gasteiger partial charge in [0.15, 0.2) is 0 Å². The first-order valence-electron chi connectivity index (χ1n) is 11.8. The Kier molecular flexibility index (Phi) is 6.26. The lowest BCUT2D eigenvalue weighted by Crippen LogP contribution is -2.27. The normalized spacial score (nSPS) is 16.7. The number of amides is 1. The van der Waals surface area contributed by atoms with Crippen molar-refractivity contribution in [1.82, 2.24) is 9.55 Å². The number of rotatable bonds is 7. The van der Waals surface area contributed by atoms with Gasteiger partial charge < -0.3 is 19.3 Å². The number of carbonyl (C=O) groups excluding carboxylic acids is 1. The molecule has 35 heavy (non-hydrogen) atoms. The lowest BCUT2D eigenvalue weighted by Gasteiger charge is -2.20. The molecule has 1 fully saturated rings. The van der Waals surface area contributed by atoms with Crippen LogP contribution in [0.1, 0.15) is 29.3 Å². The van der Waals surface area contributed by atoms with Gasteiger partial charge in [-0.15, -0.1) is 0 Å². The summed E-state index contributed by atoms with van der Waals surface area (Å²) in [6.07, 6.45) is -0.558. The molecule has 0 aliphatic carbocycles. The highest BCUT2D eigenvalue weighted by Crippen LogP contribution is 2.34. The zero-order valence-electron chi connectivity index (χ0n) is 19.8. The second kappa shape index (κ2) is 9.50. The van der Waals surface area contributed by atoms with Crippen molar-refractivity contribution in [3.63, 3.8) is 0 Å². The van der Waals surface area contributed by atoms with Gasteiger partial charge in [-0.05, 0) is 49.2 Å². The summed E-state index contributed by atoms with van der Waals surface area (Å²) in [6.45, 7) is 4.69. The second-order valence-corrected chi connectivity index (χ2v) is 9.11. The maximum atomic E-state index is 14.4. The topological polar surface area (TPSA) is 67.6 Å². The third-order valence-corrected chi connectivity index (χ3v) is 6.54. The third kappa shape index (κ3) is 4.51. The Labute approximate surface area is 203 Å². The molecule has 0 bridgehead atoms. The molecule has 1 N–H and O–H groups in total. The minimum atomic E-state index is -0.787. The third-order valence-electron chi connectivity index (χ3n) is 6.54. The van der Waals surface area contributed by atoms with Gasteiger partial charge in [-0.3, -0.25) is 4.79 Å². The molecule has 5 rings (SSSR count). The number of fused-ring (bicyclic) bond motifs is 1. The predicted octanol–water partition coefficient (Wildman–Crippen LogP) is 4.75. The van der Waals surface area contributed by atoms with Gasteiger partial charge in [0.05, 0.1) is 23.3 Å². The van der Waals surface area contributed by atoms with Crippen LogP contribution in [0.15, 0.2) is 66.7 Å². The van der Waals surface area contributed by atoms with Crippen LogP contribution in [-0.4, -0.2) is 39.8 Å². The highest BCUT2D eigenvalue weighted by atomic mass is 19.1.